The monoisotopic (exact) mass is 344 g/mol. The van der Waals surface area contributed by atoms with Gasteiger partial charge in [-0.15, -0.1) is 0 Å². The van der Waals surface area contributed by atoms with Crippen LogP contribution in [-0.4, -0.2) is 15.0 Å². The second-order valence-electron chi connectivity index (χ2n) is 4.28. The van der Waals surface area contributed by atoms with Gasteiger partial charge >= 0.3 is 113 Å². The molecule has 1 aromatic rings. The predicted molar refractivity (Wildman–Crippen MR) is 75.4 cm³/mol. The number of halogens is 1. The van der Waals surface area contributed by atoms with Gasteiger partial charge in [0, 0.05) is 0 Å². The van der Waals surface area contributed by atoms with Crippen molar-refractivity contribution in [3.05, 3.63) is 39.8 Å². The van der Waals surface area contributed by atoms with Crippen LogP contribution in [0.15, 0.2) is 39.8 Å². The Bertz CT molecular complexity index is 339. The van der Waals surface area contributed by atoms with E-state index in [0.29, 0.717) is 15.0 Å². The summed E-state index contributed by atoms with van der Waals surface area (Å²) in [6.45, 7) is 0. The molecule has 0 amide bonds. The fourth-order valence-corrected chi connectivity index (χ4v) is 5.10. The molecule has 0 saturated heterocycles. The summed E-state index contributed by atoms with van der Waals surface area (Å²) in [5.74, 6) is 0.828. The van der Waals surface area contributed by atoms with Gasteiger partial charge in [0.2, 0.25) is 0 Å². The van der Waals surface area contributed by atoms with E-state index in [1.165, 1.54) is 39.9 Å². The Balaban J connectivity index is 1.91. The van der Waals surface area contributed by atoms with Crippen LogP contribution in [0.5, 0.6) is 0 Å². The summed E-state index contributed by atoms with van der Waals surface area (Å²) in [6.07, 6.45) is 9.51. The van der Waals surface area contributed by atoms with Gasteiger partial charge in [-0.05, 0) is 0 Å². The predicted octanol–water partition coefficient (Wildman–Crippen LogP) is 3.83. The van der Waals surface area contributed by atoms with E-state index >= 15 is 0 Å². The molecule has 0 N–H and O–H groups in total. The molecule has 2 heteroatoms. The molecule has 0 spiro atoms. The van der Waals surface area contributed by atoms with Crippen molar-refractivity contribution in [3.8, 4) is 0 Å². The minimum absolute atomic E-state index is 0.457. The number of benzene rings is 1. The summed E-state index contributed by atoms with van der Waals surface area (Å²) in [4.78, 5) is 0. The van der Waals surface area contributed by atoms with Gasteiger partial charge in [0.05, 0.1) is 0 Å². The van der Waals surface area contributed by atoms with Crippen LogP contribution >= 0.6 is 15.9 Å². The molecule has 1 aromatic carbocycles. The van der Waals surface area contributed by atoms with Crippen LogP contribution in [0, 0.1) is 5.92 Å². The van der Waals surface area contributed by atoms with Crippen molar-refractivity contribution in [1.29, 1.82) is 0 Å². The Morgan fingerprint density at radius 3 is 2.50 bits per heavy atom. The van der Waals surface area contributed by atoms with E-state index in [2.05, 4.69) is 52.3 Å². The fourth-order valence-electron chi connectivity index (χ4n) is 2.12. The van der Waals surface area contributed by atoms with Gasteiger partial charge in [-0.3, -0.25) is 0 Å². The van der Waals surface area contributed by atoms with Crippen LogP contribution < -0.4 is 4.46 Å². The van der Waals surface area contributed by atoms with E-state index in [0.717, 1.165) is 5.92 Å². The van der Waals surface area contributed by atoms with Crippen LogP contribution in [0.1, 0.15) is 32.1 Å². The van der Waals surface area contributed by atoms with Gasteiger partial charge in [-0.1, -0.05) is 0 Å². The normalized spacial score (nSPS) is 18.7. The second-order valence-corrected chi connectivity index (χ2v) is 8.66. The summed E-state index contributed by atoms with van der Waals surface area (Å²) < 4.78 is 2.87. The number of hydrogen-bond donors (Lipinski definition) is 0. The molecule has 86 valence electrons. The molecule has 0 heterocycles. The van der Waals surface area contributed by atoms with Crippen molar-refractivity contribution >= 4 is 35.3 Å². The third-order valence-electron chi connectivity index (χ3n) is 2.98. The third kappa shape index (κ3) is 4.08. The number of rotatable bonds is 3. The van der Waals surface area contributed by atoms with Crippen LogP contribution in [0.3, 0.4) is 0 Å². The molecule has 0 aliphatic heterocycles. The minimum atomic E-state index is 0.457. The second kappa shape index (κ2) is 6.64. The van der Waals surface area contributed by atoms with Gasteiger partial charge < -0.3 is 0 Å². The molecule has 0 unspecified atom stereocenters. The molecular weight excluding hydrogens is 327 g/mol. The van der Waals surface area contributed by atoms with Crippen molar-refractivity contribution in [3.63, 3.8) is 0 Å². The molecule has 1 aliphatic carbocycles. The van der Waals surface area contributed by atoms with E-state index in [4.69, 9.17) is 0 Å². The Labute approximate surface area is 113 Å². The molecule has 0 atom stereocenters. The Morgan fingerprint density at radius 2 is 1.81 bits per heavy atom. The van der Waals surface area contributed by atoms with E-state index < -0.39 is 0 Å². The van der Waals surface area contributed by atoms with Crippen molar-refractivity contribution in [2.45, 2.75) is 32.1 Å². The molecule has 0 bridgehead atoms. The maximum atomic E-state index is 3.74. The van der Waals surface area contributed by atoms with Gasteiger partial charge in [0.25, 0.3) is 0 Å². The zero-order valence-electron chi connectivity index (χ0n) is 9.36. The zero-order valence-corrected chi connectivity index (χ0v) is 12.7. The van der Waals surface area contributed by atoms with Gasteiger partial charge in [-0.2, -0.15) is 0 Å². The average molecular weight is 344 g/mol. The van der Waals surface area contributed by atoms with Gasteiger partial charge in [-0.25, -0.2) is 0 Å². The zero-order chi connectivity index (χ0) is 11.2. The molecule has 0 radical (unpaired) electrons. The van der Waals surface area contributed by atoms with Crippen molar-refractivity contribution in [2.24, 2.45) is 5.92 Å². The molecule has 1 aliphatic rings. The molecule has 0 aromatic heterocycles. The molecule has 16 heavy (non-hydrogen) atoms. The van der Waals surface area contributed by atoms with Crippen molar-refractivity contribution < 1.29 is 0 Å². The van der Waals surface area contributed by atoms with Crippen molar-refractivity contribution in [1.82, 2.24) is 0 Å². The molecular formula is C14H17BrSe. The third-order valence-corrected chi connectivity index (χ3v) is 5.84. The van der Waals surface area contributed by atoms with Crippen LogP contribution in [0.2, 0.25) is 0 Å². The SMILES string of the molecule is Br/C(=C/C1CCCCC1)[Se]c1ccccc1. The topological polar surface area (TPSA) is 0 Å². The molecule has 1 fully saturated rings. The maximum absolute atomic E-state index is 3.74. The van der Waals surface area contributed by atoms with E-state index in [1.807, 2.05) is 0 Å². The van der Waals surface area contributed by atoms with Crippen LogP contribution in [0.4, 0.5) is 0 Å². The standard InChI is InChI=1S/C14H17BrSe/c15-14(11-12-7-3-1-4-8-12)16-13-9-5-2-6-10-13/h2,5-6,9-12H,1,3-4,7-8H2/b14-11-. The first-order valence-corrected chi connectivity index (χ1v) is 8.45. The first-order chi connectivity index (χ1) is 7.84. The molecule has 1 saturated carbocycles. The fraction of sp³-hybridized carbons (Fsp3) is 0.429. The van der Waals surface area contributed by atoms with Crippen molar-refractivity contribution in [2.75, 3.05) is 0 Å². The Hall–Kier alpha value is -0.0405. The van der Waals surface area contributed by atoms with E-state index in [9.17, 15) is 0 Å². The quantitative estimate of drug-likeness (QED) is 0.731. The van der Waals surface area contributed by atoms with E-state index in [1.54, 1.807) is 0 Å². The first-order valence-electron chi connectivity index (χ1n) is 5.95. The van der Waals surface area contributed by atoms with Crippen LogP contribution in [0.25, 0.3) is 0 Å². The Kier molecular flexibility index (Phi) is 5.15. The summed E-state index contributed by atoms with van der Waals surface area (Å²) in [6, 6.07) is 10.8. The summed E-state index contributed by atoms with van der Waals surface area (Å²) in [5, 5.41) is 0. The van der Waals surface area contributed by atoms with Crippen LogP contribution in [-0.2, 0) is 0 Å². The van der Waals surface area contributed by atoms with Gasteiger partial charge in [0.1, 0.15) is 0 Å². The average Bonchev–Trinajstić information content (AvgIpc) is 2.31. The van der Waals surface area contributed by atoms with Gasteiger partial charge in [0.15, 0.2) is 0 Å². The number of hydrogen-bond acceptors (Lipinski definition) is 0. The summed E-state index contributed by atoms with van der Waals surface area (Å²) >= 11 is 4.20. The molecule has 0 nitrogen and oxygen atoms in total. The summed E-state index contributed by atoms with van der Waals surface area (Å²) in [7, 11) is 0. The summed E-state index contributed by atoms with van der Waals surface area (Å²) in [5.41, 5.74) is 0. The van der Waals surface area contributed by atoms with E-state index in [-0.39, 0.29) is 0 Å². The first kappa shape index (κ1) is 12.4. The Morgan fingerprint density at radius 1 is 1.12 bits per heavy atom. The molecule has 2 rings (SSSR count). The number of allylic oxidation sites excluding steroid dienone is 1.